The van der Waals surface area contributed by atoms with Gasteiger partial charge in [0.25, 0.3) is 0 Å². The minimum atomic E-state index is 0.130. The molecule has 3 heteroatoms. The molecule has 0 radical (unpaired) electrons. The Labute approximate surface area is 93.8 Å². The lowest BCUT2D eigenvalue weighted by atomic mass is 9.99. The SMILES string of the molecule is CCCC(CCN)CNC(=O)C(C)CC. The molecular weight excluding hydrogens is 188 g/mol. The number of carbonyl (C=O) groups is 1. The molecule has 0 aliphatic carbocycles. The summed E-state index contributed by atoms with van der Waals surface area (Å²) in [5.74, 6) is 0.855. The summed E-state index contributed by atoms with van der Waals surface area (Å²) in [5, 5.41) is 3.01. The van der Waals surface area contributed by atoms with E-state index >= 15 is 0 Å². The number of amides is 1. The molecule has 3 N–H and O–H groups in total. The van der Waals surface area contributed by atoms with Gasteiger partial charge in [0.05, 0.1) is 0 Å². The van der Waals surface area contributed by atoms with E-state index in [-0.39, 0.29) is 11.8 Å². The highest BCUT2D eigenvalue weighted by atomic mass is 16.1. The van der Waals surface area contributed by atoms with Gasteiger partial charge in [-0.25, -0.2) is 0 Å². The molecule has 0 saturated carbocycles. The molecule has 0 aliphatic heterocycles. The number of nitrogens with two attached hydrogens (primary N) is 1. The van der Waals surface area contributed by atoms with Crippen LogP contribution in [-0.2, 0) is 4.79 Å². The summed E-state index contributed by atoms with van der Waals surface area (Å²) in [6, 6.07) is 0. The first kappa shape index (κ1) is 14.4. The number of hydrogen-bond acceptors (Lipinski definition) is 2. The van der Waals surface area contributed by atoms with E-state index in [1.165, 1.54) is 0 Å². The predicted octanol–water partition coefficient (Wildman–Crippen LogP) is 1.91. The van der Waals surface area contributed by atoms with Gasteiger partial charge in [0.15, 0.2) is 0 Å². The Morgan fingerprint density at radius 3 is 2.47 bits per heavy atom. The van der Waals surface area contributed by atoms with Gasteiger partial charge in [-0.1, -0.05) is 27.2 Å². The summed E-state index contributed by atoms with van der Waals surface area (Å²) in [6.45, 7) is 7.67. The molecule has 0 aromatic carbocycles. The molecule has 0 aromatic heterocycles. The van der Waals surface area contributed by atoms with E-state index in [4.69, 9.17) is 5.73 Å². The average molecular weight is 214 g/mol. The molecule has 1 amide bonds. The van der Waals surface area contributed by atoms with E-state index in [1.807, 2.05) is 13.8 Å². The third-order valence-corrected chi connectivity index (χ3v) is 2.90. The van der Waals surface area contributed by atoms with Gasteiger partial charge in [0.1, 0.15) is 0 Å². The van der Waals surface area contributed by atoms with Gasteiger partial charge in [-0.15, -0.1) is 0 Å². The van der Waals surface area contributed by atoms with Gasteiger partial charge in [-0.05, 0) is 31.7 Å². The monoisotopic (exact) mass is 214 g/mol. The van der Waals surface area contributed by atoms with Crippen molar-refractivity contribution >= 4 is 5.91 Å². The minimum absolute atomic E-state index is 0.130. The second-order valence-corrected chi connectivity index (χ2v) is 4.29. The van der Waals surface area contributed by atoms with Crippen LogP contribution >= 0.6 is 0 Å². The standard InChI is InChI=1S/C12H26N2O/c1-4-6-11(7-8-13)9-14-12(15)10(3)5-2/h10-11H,4-9,13H2,1-3H3,(H,14,15). The Morgan fingerprint density at radius 2 is 2.00 bits per heavy atom. The number of carbonyl (C=O) groups excluding carboxylic acids is 1. The van der Waals surface area contributed by atoms with Gasteiger partial charge in [-0.2, -0.15) is 0 Å². The van der Waals surface area contributed by atoms with Gasteiger partial charge in [-0.3, -0.25) is 4.79 Å². The highest BCUT2D eigenvalue weighted by Crippen LogP contribution is 2.09. The Bertz CT molecular complexity index is 165. The van der Waals surface area contributed by atoms with Crippen LogP contribution in [-0.4, -0.2) is 19.0 Å². The molecule has 0 bridgehead atoms. The summed E-state index contributed by atoms with van der Waals surface area (Å²) in [4.78, 5) is 11.5. The summed E-state index contributed by atoms with van der Waals surface area (Å²) in [6.07, 6.45) is 4.22. The molecule has 0 fully saturated rings. The molecule has 0 saturated heterocycles. The van der Waals surface area contributed by atoms with E-state index in [0.29, 0.717) is 12.5 Å². The molecule has 0 heterocycles. The Kier molecular flexibility index (Phi) is 8.38. The average Bonchev–Trinajstić information content (AvgIpc) is 2.25. The van der Waals surface area contributed by atoms with Crippen molar-refractivity contribution in [2.75, 3.05) is 13.1 Å². The smallest absolute Gasteiger partial charge is 0.222 e. The van der Waals surface area contributed by atoms with Gasteiger partial charge in [0, 0.05) is 12.5 Å². The van der Waals surface area contributed by atoms with E-state index in [9.17, 15) is 4.79 Å². The number of nitrogens with one attached hydrogen (secondary N) is 1. The quantitative estimate of drug-likeness (QED) is 0.648. The van der Waals surface area contributed by atoms with E-state index in [1.54, 1.807) is 0 Å². The van der Waals surface area contributed by atoms with Crippen molar-refractivity contribution in [1.82, 2.24) is 5.32 Å². The van der Waals surface area contributed by atoms with Crippen molar-refractivity contribution in [3.63, 3.8) is 0 Å². The van der Waals surface area contributed by atoms with Crippen molar-refractivity contribution in [1.29, 1.82) is 0 Å². The summed E-state index contributed by atoms with van der Waals surface area (Å²) >= 11 is 0. The molecular formula is C12H26N2O. The summed E-state index contributed by atoms with van der Waals surface area (Å²) < 4.78 is 0. The van der Waals surface area contributed by atoms with Gasteiger partial charge in [0.2, 0.25) is 5.91 Å². The van der Waals surface area contributed by atoms with Crippen LogP contribution in [0.15, 0.2) is 0 Å². The fraction of sp³-hybridized carbons (Fsp3) is 0.917. The Balaban J connectivity index is 3.82. The molecule has 2 unspecified atom stereocenters. The lowest BCUT2D eigenvalue weighted by Gasteiger charge is -2.17. The molecule has 15 heavy (non-hydrogen) atoms. The highest BCUT2D eigenvalue weighted by molar-refractivity contribution is 5.78. The number of rotatable bonds is 8. The third-order valence-electron chi connectivity index (χ3n) is 2.90. The second-order valence-electron chi connectivity index (χ2n) is 4.29. The lowest BCUT2D eigenvalue weighted by Crippen LogP contribution is -2.33. The molecule has 0 spiro atoms. The molecule has 3 nitrogen and oxygen atoms in total. The van der Waals surface area contributed by atoms with Crippen LogP contribution in [0, 0.1) is 11.8 Å². The van der Waals surface area contributed by atoms with Crippen LogP contribution in [0.5, 0.6) is 0 Å². The van der Waals surface area contributed by atoms with E-state index < -0.39 is 0 Å². The summed E-state index contributed by atoms with van der Waals surface area (Å²) in [7, 11) is 0. The highest BCUT2D eigenvalue weighted by Gasteiger charge is 2.12. The zero-order valence-electron chi connectivity index (χ0n) is 10.4. The molecule has 0 aromatic rings. The Hall–Kier alpha value is -0.570. The minimum Gasteiger partial charge on any atom is -0.356 e. The molecule has 2 atom stereocenters. The summed E-state index contributed by atoms with van der Waals surface area (Å²) in [5.41, 5.74) is 5.54. The maximum absolute atomic E-state index is 11.5. The first-order valence-electron chi connectivity index (χ1n) is 6.13. The second kappa shape index (κ2) is 8.72. The first-order chi connectivity index (χ1) is 7.15. The van der Waals surface area contributed by atoms with Gasteiger partial charge < -0.3 is 11.1 Å². The molecule has 0 rings (SSSR count). The topological polar surface area (TPSA) is 55.1 Å². The van der Waals surface area contributed by atoms with E-state index in [0.717, 1.165) is 32.2 Å². The zero-order valence-corrected chi connectivity index (χ0v) is 10.4. The largest absolute Gasteiger partial charge is 0.356 e. The fourth-order valence-electron chi connectivity index (χ4n) is 1.60. The van der Waals surface area contributed by atoms with Crippen molar-refractivity contribution < 1.29 is 4.79 Å². The van der Waals surface area contributed by atoms with Crippen molar-refractivity contribution in [2.45, 2.75) is 46.5 Å². The normalized spacial score (nSPS) is 14.7. The van der Waals surface area contributed by atoms with Crippen molar-refractivity contribution in [2.24, 2.45) is 17.6 Å². The van der Waals surface area contributed by atoms with Crippen molar-refractivity contribution in [3.8, 4) is 0 Å². The maximum atomic E-state index is 11.5. The Morgan fingerprint density at radius 1 is 1.33 bits per heavy atom. The lowest BCUT2D eigenvalue weighted by molar-refractivity contribution is -0.124. The zero-order chi connectivity index (χ0) is 11.7. The molecule has 0 aliphatic rings. The van der Waals surface area contributed by atoms with Crippen LogP contribution in [0.2, 0.25) is 0 Å². The maximum Gasteiger partial charge on any atom is 0.222 e. The predicted molar refractivity (Wildman–Crippen MR) is 64.5 cm³/mol. The number of hydrogen-bond donors (Lipinski definition) is 2. The van der Waals surface area contributed by atoms with Crippen LogP contribution in [0.1, 0.15) is 46.5 Å². The fourth-order valence-corrected chi connectivity index (χ4v) is 1.60. The van der Waals surface area contributed by atoms with Crippen LogP contribution in [0.3, 0.4) is 0 Å². The van der Waals surface area contributed by atoms with Crippen molar-refractivity contribution in [3.05, 3.63) is 0 Å². The van der Waals surface area contributed by atoms with E-state index in [2.05, 4.69) is 12.2 Å². The van der Waals surface area contributed by atoms with Crippen LogP contribution < -0.4 is 11.1 Å². The van der Waals surface area contributed by atoms with Gasteiger partial charge >= 0.3 is 0 Å². The molecule has 90 valence electrons. The first-order valence-corrected chi connectivity index (χ1v) is 6.13. The third kappa shape index (κ3) is 6.50. The van der Waals surface area contributed by atoms with Crippen LogP contribution in [0.4, 0.5) is 0 Å². The van der Waals surface area contributed by atoms with Crippen LogP contribution in [0.25, 0.3) is 0 Å².